The van der Waals surface area contributed by atoms with Crippen molar-refractivity contribution in [1.82, 2.24) is 13.9 Å². The third-order valence-electron chi connectivity index (χ3n) is 4.31. The Morgan fingerprint density at radius 2 is 1.75 bits per heavy atom. The van der Waals surface area contributed by atoms with Gasteiger partial charge in [0.1, 0.15) is 0 Å². The highest BCUT2D eigenvalue weighted by molar-refractivity contribution is 7.87. The van der Waals surface area contributed by atoms with E-state index in [0.717, 1.165) is 19.3 Å². The summed E-state index contributed by atoms with van der Waals surface area (Å²) in [5, 5.41) is 0. The number of hydrogen-bond acceptors (Lipinski definition) is 3. The van der Waals surface area contributed by atoms with Gasteiger partial charge in [0.05, 0.1) is 0 Å². The molecule has 0 aromatic heterocycles. The van der Waals surface area contributed by atoms with Crippen LogP contribution >= 0.6 is 0 Å². The zero-order valence-corrected chi connectivity index (χ0v) is 13.2. The standard InChI is InChI=1S/C13H25N3O3S/c1-11-5-3-4-8-16(11)20(18,19)14-13-6-9-15(10-7-13)12(2)17/h11,13-14H,3-10H2,1-2H3. The third kappa shape index (κ3) is 3.71. The van der Waals surface area contributed by atoms with E-state index in [1.807, 2.05) is 6.92 Å². The van der Waals surface area contributed by atoms with Crippen molar-refractivity contribution in [1.29, 1.82) is 0 Å². The number of rotatable bonds is 3. The van der Waals surface area contributed by atoms with E-state index < -0.39 is 10.2 Å². The second-order valence-corrected chi connectivity index (χ2v) is 7.51. The van der Waals surface area contributed by atoms with Crippen LogP contribution in [0.1, 0.15) is 46.0 Å². The number of piperidine rings is 2. The number of hydrogen-bond donors (Lipinski definition) is 1. The Kier molecular flexibility index (Phi) is 5.04. The lowest BCUT2D eigenvalue weighted by Crippen LogP contribution is -2.53. The van der Waals surface area contributed by atoms with Crippen LogP contribution < -0.4 is 4.72 Å². The summed E-state index contributed by atoms with van der Waals surface area (Å²) in [5.41, 5.74) is 0. The first-order valence-electron chi connectivity index (χ1n) is 7.45. The molecule has 20 heavy (non-hydrogen) atoms. The molecule has 7 heteroatoms. The smallest absolute Gasteiger partial charge is 0.279 e. The molecule has 1 N–H and O–H groups in total. The molecule has 1 amide bonds. The predicted molar refractivity (Wildman–Crippen MR) is 77.4 cm³/mol. The number of amides is 1. The molecular weight excluding hydrogens is 278 g/mol. The molecule has 0 aromatic rings. The molecule has 2 heterocycles. The number of likely N-dealkylation sites (tertiary alicyclic amines) is 1. The van der Waals surface area contributed by atoms with E-state index in [4.69, 9.17) is 0 Å². The molecule has 0 spiro atoms. The van der Waals surface area contributed by atoms with Crippen LogP contribution in [-0.2, 0) is 15.0 Å². The Morgan fingerprint density at radius 3 is 2.30 bits per heavy atom. The Labute approximate surface area is 121 Å². The zero-order chi connectivity index (χ0) is 14.8. The van der Waals surface area contributed by atoms with Gasteiger partial charge in [-0.3, -0.25) is 4.79 Å². The fraction of sp³-hybridized carbons (Fsp3) is 0.923. The Bertz CT molecular complexity index is 444. The second-order valence-electron chi connectivity index (χ2n) is 5.86. The van der Waals surface area contributed by atoms with Crippen LogP contribution in [0.25, 0.3) is 0 Å². The molecular formula is C13H25N3O3S. The van der Waals surface area contributed by atoms with Gasteiger partial charge < -0.3 is 4.90 Å². The van der Waals surface area contributed by atoms with Crippen LogP contribution in [-0.4, -0.2) is 55.2 Å². The fourth-order valence-corrected chi connectivity index (χ4v) is 4.76. The first-order valence-corrected chi connectivity index (χ1v) is 8.89. The highest BCUT2D eigenvalue weighted by atomic mass is 32.2. The highest BCUT2D eigenvalue weighted by Crippen LogP contribution is 2.20. The van der Waals surface area contributed by atoms with Gasteiger partial charge in [-0.2, -0.15) is 17.4 Å². The van der Waals surface area contributed by atoms with E-state index in [-0.39, 0.29) is 18.0 Å². The van der Waals surface area contributed by atoms with Crippen LogP contribution in [0.15, 0.2) is 0 Å². The van der Waals surface area contributed by atoms with Crippen molar-refractivity contribution in [3.63, 3.8) is 0 Å². The van der Waals surface area contributed by atoms with Crippen LogP contribution in [0.4, 0.5) is 0 Å². The minimum absolute atomic E-state index is 0.0512. The second kappa shape index (κ2) is 6.41. The van der Waals surface area contributed by atoms with Crippen molar-refractivity contribution in [2.45, 2.75) is 58.0 Å². The third-order valence-corrected chi connectivity index (χ3v) is 6.10. The molecule has 0 aliphatic carbocycles. The summed E-state index contributed by atoms with van der Waals surface area (Å²) >= 11 is 0. The SMILES string of the molecule is CC(=O)N1CCC(NS(=O)(=O)N2CCCCC2C)CC1. The monoisotopic (exact) mass is 303 g/mol. The highest BCUT2D eigenvalue weighted by Gasteiger charge is 2.32. The predicted octanol–water partition coefficient (Wildman–Crippen LogP) is 0.706. The lowest BCUT2D eigenvalue weighted by Gasteiger charge is -2.36. The van der Waals surface area contributed by atoms with Crippen LogP contribution in [0.3, 0.4) is 0 Å². The largest absolute Gasteiger partial charge is 0.343 e. The van der Waals surface area contributed by atoms with E-state index in [1.54, 1.807) is 16.1 Å². The van der Waals surface area contributed by atoms with Gasteiger partial charge in [-0.15, -0.1) is 0 Å². The van der Waals surface area contributed by atoms with Gasteiger partial charge in [0, 0.05) is 38.6 Å². The van der Waals surface area contributed by atoms with E-state index in [9.17, 15) is 13.2 Å². The number of carbonyl (C=O) groups is 1. The summed E-state index contributed by atoms with van der Waals surface area (Å²) in [4.78, 5) is 13.0. The van der Waals surface area contributed by atoms with E-state index >= 15 is 0 Å². The summed E-state index contributed by atoms with van der Waals surface area (Å²) < 4.78 is 29.2. The Hall–Kier alpha value is -0.660. The molecule has 1 unspecified atom stereocenters. The number of nitrogens with one attached hydrogen (secondary N) is 1. The maximum absolute atomic E-state index is 12.4. The fourth-order valence-electron chi connectivity index (χ4n) is 3.02. The van der Waals surface area contributed by atoms with E-state index in [1.165, 1.54) is 0 Å². The summed E-state index contributed by atoms with van der Waals surface area (Å²) in [6, 6.07) is 0.0308. The minimum atomic E-state index is -3.39. The molecule has 0 radical (unpaired) electrons. The summed E-state index contributed by atoms with van der Waals surface area (Å²) in [6.45, 7) is 5.41. The topological polar surface area (TPSA) is 69.7 Å². The van der Waals surface area contributed by atoms with Crippen molar-refractivity contribution in [2.75, 3.05) is 19.6 Å². The molecule has 2 saturated heterocycles. The maximum atomic E-state index is 12.4. The first kappa shape index (κ1) is 15.7. The normalized spacial score (nSPS) is 26.7. The van der Waals surface area contributed by atoms with Gasteiger partial charge in [0.15, 0.2) is 0 Å². The molecule has 0 aromatic carbocycles. The molecule has 2 aliphatic rings. The Balaban J connectivity index is 1.91. The van der Waals surface area contributed by atoms with Crippen molar-refractivity contribution < 1.29 is 13.2 Å². The quantitative estimate of drug-likeness (QED) is 0.834. The van der Waals surface area contributed by atoms with Crippen LogP contribution in [0.2, 0.25) is 0 Å². The average molecular weight is 303 g/mol. The minimum Gasteiger partial charge on any atom is -0.343 e. The summed E-state index contributed by atoms with van der Waals surface area (Å²) in [7, 11) is -3.39. The molecule has 0 bridgehead atoms. The van der Waals surface area contributed by atoms with Crippen LogP contribution in [0, 0.1) is 0 Å². The van der Waals surface area contributed by atoms with Crippen molar-refractivity contribution >= 4 is 16.1 Å². The molecule has 6 nitrogen and oxygen atoms in total. The van der Waals surface area contributed by atoms with Gasteiger partial charge in [0.25, 0.3) is 10.2 Å². The van der Waals surface area contributed by atoms with Crippen molar-refractivity contribution in [3.8, 4) is 0 Å². The van der Waals surface area contributed by atoms with Crippen LogP contribution in [0.5, 0.6) is 0 Å². The van der Waals surface area contributed by atoms with Crippen molar-refractivity contribution in [3.05, 3.63) is 0 Å². The molecule has 0 saturated carbocycles. The number of nitrogens with zero attached hydrogens (tertiary/aromatic N) is 2. The molecule has 1 atom stereocenters. The lowest BCUT2D eigenvalue weighted by molar-refractivity contribution is -0.129. The van der Waals surface area contributed by atoms with Gasteiger partial charge >= 0.3 is 0 Å². The molecule has 2 fully saturated rings. The zero-order valence-electron chi connectivity index (χ0n) is 12.3. The molecule has 2 aliphatic heterocycles. The van der Waals surface area contributed by atoms with Gasteiger partial charge in [-0.1, -0.05) is 6.42 Å². The van der Waals surface area contributed by atoms with Crippen molar-refractivity contribution in [2.24, 2.45) is 0 Å². The van der Waals surface area contributed by atoms with Gasteiger partial charge in [-0.05, 0) is 32.6 Å². The maximum Gasteiger partial charge on any atom is 0.279 e. The van der Waals surface area contributed by atoms with Gasteiger partial charge in [0.2, 0.25) is 5.91 Å². The Morgan fingerprint density at radius 1 is 1.10 bits per heavy atom. The van der Waals surface area contributed by atoms with E-state index in [2.05, 4.69) is 4.72 Å². The average Bonchev–Trinajstić information content (AvgIpc) is 2.39. The van der Waals surface area contributed by atoms with E-state index in [0.29, 0.717) is 32.5 Å². The summed E-state index contributed by atoms with van der Waals surface area (Å²) in [6.07, 6.45) is 4.37. The molecule has 116 valence electrons. The number of carbonyl (C=O) groups excluding carboxylic acids is 1. The molecule has 2 rings (SSSR count). The first-order chi connectivity index (χ1) is 9.40. The summed E-state index contributed by atoms with van der Waals surface area (Å²) in [5.74, 6) is 0.0657. The lowest BCUT2D eigenvalue weighted by atomic mass is 10.1. The van der Waals surface area contributed by atoms with Gasteiger partial charge in [-0.25, -0.2) is 0 Å².